The van der Waals surface area contributed by atoms with E-state index in [1.165, 1.54) is 12.1 Å². The summed E-state index contributed by atoms with van der Waals surface area (Å²) in [5.41, 5.74) is 2.05. The summed E-state index contributed by atoms with van der Waals surface area (Å²) in [6, 6.07) is 11.5. The highest BCUT2D eigenvalue weighted by atomic mass is 79.9. The van der Waals surface area contributed by atoms with Crippen LogP contribution in [0.15, 0.2) is 62.4 Å². The highest BCUT2D eigenvalue weighted by Gasteiger charge is 2.36. The Balaban J connectivity index is 1.46. The predicted molar refractivity (Wildman–Crippen MR) is 159 cm³/mol. The van der Waals surface area contributed by atoms with Crippen molar-refractivity contribution in [2.75, 3.05) is 36.5 Å². The maximum absolute atomic E-state index is 13.3. The topological polar surface area (TPSA) is 149 Å². The quantitative estimate of drug-likeness (QED) is 0.262. The fourth-order valence-electron chi connectivity index (χ4n) is 5.65. The molecule has 2 N–H and O–H groups in total. The number of amides is 2. The summed E-state index contributed by atoms with van der Waals surface area (Å²) < 4.78 is 17.5. The van der Waals surface area contributed by atoms with Crippen LogP contribution < -0.4 is 21.1 Å². The van der Waals surface area contributed by atoms with Gasteiger partial charge < -0.3 is 34.0 Å². The Morgan fingerprint density at radius 3 is 2.40 bits per heavy atom. The van der Waals surface area contributed by atoms with Gasteiger partial charge in [0, 0.05) is 42.9 Å². The molecule has 12 nitrogen and oxygen atoms in total. The van der Waals surface area contributed by atoms with E-state index >= 15 is 0 Å². The zero-order valence-corrected chi connectivity index (χ0v) is 25.2. The van der Waals surface area contributed by atoms with Crippen molar-refractivity contribution in [3.05, 3.63) is 80.6 Å². The van der Waals surface area contributed by atoms with Crippen molar-refractivity contribution in [1.82, 2.24) is 9.88 Å². The molecule has 2 unspecified atom stereocenters. The summed E-state index contributed by atoms with van der Waals surface area (Å²) in [6.45, 7) is 5.00. The van der Waals surface area contributed by atoms with E-state index in [0.29, 0.717) is 35.7 Å². The van der Waals surface area contributed by atoms with Crippen LogP contribution in [0.25, 0.3) is 0 Å². The van der Waals surface area contributed by atoms with E-state index in [2.05, 4.69) is 31.5 Å². The molecule has 2 bridgehead atoms. The number of hydrogen-bond donors (Lipinski definition) is 2. The highest BCUT2D eigenvalue weighted by molar-refractivity contribution is 9.10. The number of hydrogen-bond acceptors (Lipinski definition) is 9. The van der Waals surface area contributed by atoms with Gasteiger partial charge in [-0.15, -0.1) is 0 Å². The molecule has 0 saturated carbocycles. The second kappa shape index (κ2) is 12.9. The van der Waals surface area contributed by atoms with Crippen LogP contribution in [0.3, 0.4) is 0 Å². The number of ether oxygens (including phenoxy) is 2. The van der Waals surface area contributed by atoms with Crippen LogP contribution in [0.5, 0.6) is 0 Å². The van der Waals surface area contributed by atoms with Crippen molar-refractivity contribution in [1.29, 1.82) is 0 Å². The van der Waals surface area contributed by atoms with E-state index in [-0.39, 0.29) is 41.9 Å². The molecule has 2 amide bonds. The van der Waals surface area contributed by atoms with Crippen molar-refractivity contribution in [3.8, 4) is 0 Å². The first-order valence-electron chi connectivity index (χ1n) is 14.0. The van der Waals surface area contributed by atoms with Gasteiger partial charge in [-0.1, -0.05) is 6.07 Å². The largest absolute Gasteiger partial charge is 0.464 e. The van der Waals surface area contributed by atoms with Crippen LogP contribution in [0.2, 0.25) is 0 Å². The van der Waals surface area contributed by atoms with Crippen molar-refractivity contribution < 1.29 is 33.1 Å². The molecule has 1 aromatic carbocycles. The molecule has 3 aromatic rings. The highest BCUT2D eigenvalue weighted by Crippen LogP contribution is 2.39. The van der Waals surface area contributed by atoms with Gasteiger partial charge in [0.05, 0.1) is 24.6 Å². The Hall–Kier alpha value is -4.39. The maximum Gasteiger partial charge on any atom is 0.340 e. The van der Waals surface area contributed by atoms with E-state index in [4.69, 9.17) is 13.9 Å². The normalized spacial score (nSPS) is 17.2. The lowest BCUT2D eigenvalue weighted by molar-refractivity contribution is -0.157. The van der Waals surface area contributed by atoms with Crippen molar-refractivity contribution >= 4 is 51.1 Å². The number of furan rings is 1. The number of pyridine rings is 1. The Labute approximate surface area is 255 Å². The van der Waals surface area contributed by atoms with E-state index < -0.39 is 29.8 Å². The van der Waals surface area contributed by atoms with Crippen molar-refractivity contribution in [2.24, 2.45) is 5.92 Å². The number of aromatic nitrogens is 1. The van der Waals surface area contributed by atoms with Gasteiger partial charge >= 0.3 is 11.9 Å². The van der Waals surface area contributed by atoms with Gasteiger partial charge in [0.2, 0.25) is 6.04 Å². The number of esters is 2. The average molecular weight is 656 g/mol. The summed E-state index contributed by atoms with van der Waals surface area (Å²) >= 11 is 3.20. The number of piperidine rings is 1. The molecule has 0 aliphatic carbocycles. The third-order valence-corrected chi connectivity index (χ3v) is 7.87. The van der Waals surface area contributed by atoms with Crippen LogP contribution in [0.1, 0.15) is 52.8 Å². The number of fused-ring (bicyclic) bond motifs is 4. The van der Waals surface area contributed by atoms with Gasteiger partial charge in [0.25, 0.3) is 17.4 Å². The Morgan fingerprint density at radius 1 is 0.977 bits per heavy atom. The fraction of sp³-hybridized carbons (Fsp3) is 0.367. The van der Waals surface area contributed by atoms with Crippen molar-refractivity contribution in [2.45, 2.75) is 38.8 Å². The van der Waals surface area contributed by atoms with Crippen LogP contribution >= 0.6 is 15.9 Å². The van der Waals surface area contributed by atoms with Gasteiger partial charge in [-0.2, -0.15) is 0 Å². The Bertz CT molecular complexity index is 1600. The van der Waals surface area contributed by atoms with Gasteiger partial charge in [0.15, 0.2) is 10.4 Å². The van der Waals surface area contributed by atoms with Gasteiger partial charge in [-0.3, -0.25) is 14.4 Å². The monoisotopic (exact) mass is 654 g/mol. The lowest BCUT2D eigenvalue weighted by Gasteiger charge is -2.44. The lowest BCUT2D eigenvalue weighted by Crippen LogP contribution is -2.48. The first-order valence-corrected chi connectivity index (χ1v) is 14.8. The molecule has 5 rings (SSSR count). The van der Waals surface area contributed by atoms with Gasteiger partial charge in [-0.05, 0) is 78.5 Å². The SMILES string of the molecule is CCOC(=O)C(NC(=O)c1ccc(N2CC3CC(C2)c2cccc(=O)n2C3)c(NC(=O)c2ccc(Br)o2)c1)C(=O)OCC. The Kier molecular flexibility index (Phi) is 9.00. The number of nitrogens with one attached hydrogen (secondary N) is 2. The van der Waals surface area contributed by atoms with Crippen LogP contribution in [-0.4, -0.2) is 60.7 Å². The second-order valence-electron chi connectivity index (χ2n) is 10.3. The minimum absolute atomic E-state index is 0.00924. The van der Waals surface area contributed by atoms with E-state index in [1.54, 1.807) is 44.2 Å². The number of carbonyl (C=O) groups excluding carboxylic acids is 4. The zero-order valence-electron chi connectivity index (χ0n) is 23.6. The third kappa shape index (κ3) is 6.51. The molecule has 2 aliphatic heterocycles. The molecule has 13 heteroatoms. The predicted octanol–water partition coefficient (Wildman–Crippen LogP) is 3.30. The summed E-state index contributed by atoms with van der Waals surface area (Å²) in [6.07, 6.45) is 0.936. The minimum atomic E-state index is -1.66. The van der Waals surface area contributed by atoms with Gasteiger partial charge in [0.1, 0.15) is 0 Å². The Morgan fingerprint density at radius 2 is 1.72 bits per heavy atom. The number of anilines is 2. The molecule has 4 heterocycles. The zero-order chi connectivity index (χ0) is 30.7. The molecule has 0 spiro atoms. The smallest absolute Gasteiger partial charge is 0.340 e. The summed E-state index contributed by atoms with van der Waals surface area (Å²) in [4.78, 5) is 65.9. The maximum atomic E-state index is 13.3. The van der Waals surface area contributed by atoms with E-state index in [0.717, 1.165) is 12.1 Å². The fourth-order valence-corrected chi connectivity index (χ4v) is 5.95. The summed E-state index contributed by atoms with van der Waals surface area (Å²) in [5, 5.41) is 5.25. The second-order valence-corrected chi connectivity index (χ2v) is 11.1. The third-order valence-electron chi connectivity index (χ3n) is 7.44. The number of halogens is 1. The van der Waals surface area contributed by atoms with Crippen LogP contribution in [0.4, 0.5) is 11.4 Å². The summed E-state index contributed by atoms with van der Waals surface area (Å²) in [7, 11) is 0. The molecular weight excluding hydrogens is 624 g/mol. The summed E-state index contributed by atoms with van der Waals surface area (Å²) in [5.74, 6) is -2.80. The molecule has 2 atom stereocenters. The minimum Gasteiger partial charge on any atom is -0.464 e. The number of rotatable bonds is 9. The molecular formula is C30H31BrN4O8. The molecule has 226 valence electrons. The number of carbonyl (C=O) groups is 4. The molecule has 43 heavy (non-hydrogen) atoms. The van der Waals surface area contributed by atoms with E-state index in [1.807, 2.05) is 10.6 Å². The standard InChI is InChI=1S/C30H31BrN4O8/c1-3-41-29(39)26(30(40)42-4-2)33-27(37)18-8-9-22(20(13-18)32-28(38)23-10-11-24(31)43-23)34-14-17-12-19(16-34)21-6-5-7-25(36)35(21)15-17/h5-11,13,17,19,26H,3-4,12,14-16H2,1-2H3,(H,32,38)(H,33,37). The number of benzene rings is 1. The van der Waals surface area contributed by atoms with E-state index in [9.17, 15) is 24.0 Å². The van der Waals surface area contributed by atoms with Gasteiger partial charge in [-0.25, -0.2) is 9.59 Å². The molecule has 2 aliphatic rings. The lowest BCUT2D eigenvalue weighted by atomic mass is 9.83. The van der Waals surface area contributed by atoms with Crippen LogP contribution in [-0.2, 0) is 25.6 Å². The molecule has 2 aromatic heterocycles. The van der Waals surface area contributed by atoms with Crippen LogP contribution in [0, 0.1) is 5.92 Å². The molecule has 0 radical (unpaired) electrons. The number of nitrogens with zero attached hydrogens (tertiary/aromatic N) is 2. The average Bonchev–Trinajstić information content (AvgIpc) is 3.43. The van der Waals surface area contributed by atoms with Crippen molar-refractivity contribution in [3.63, 3.8) is 0 Å². The first kappa shape index (κ1) is 30.1. The first-order chi connectivity index (χ1) is 20.7. The molecule has 1 fully saturated rings. The molecule has 1 saturated heterocycles.